The van der Waals surface area contributed by atoms with E-state index in [1.807, 2.05) is 53.9 Å². The fraction of sp³-hybridized carbons (Fsp3) is 0.308. The van der Waals surface area contributed by atoms with E-state index in [2.05, 4.69) is 25.7 Å². The fourth-order valence-electron chi connectivity index (χ4n) is 4.23. The van der Waals surface area contributed by atoms with Crippen LogP contribution in [0.3, 0.4) is 0 Å². The van der Waals surface area contributed by atoms with E-state index in [0.717, 1.165) is 27.2 Å². The molecule has 1 fully saturated rings. The Hall–Kier alpha value is -2.81. The molecule has 2 aromatic carbocycles. The minimum atomic E-state index is -3.54. The highest BCUT2D eigenvalue weighted by atomic mass is 32.2. The number of piperazine rings is 1. The molecule has 0 aliphatic carbocycles. The summed E-state index contributed by atoms with van der Waals surface area (Å²) in [5.41, 5.74) is 1.99. The van der Waals surface area contributed by atoms with Gasteiger partial charge in [0.05, 0.1) is 15.3 Å². The fourth-order valence-corrected chi connectivity index (χ4v) is 6.31. The van der Waals surface area contributed by atoms with Crippen molar-refractivity contribution in [3.63, 3.8) is 0 Å². The van der Waals surface area contributed by atoms with Gasteiger partial charge in [-0.2, -0.15) is 4.31 Å². The zero-order valence-corrected chi connectivity index (χ0v) is 21.2. The van der Waals surface area contributed by atoms with Crippen molar-refractivity contribution >= 4 is 38.1 Å². The third-order valence-electron chi connectivity index (χ3n) is 6.22. The van der Waals surface area contributed by atoms with Crippen LogP contribution in [-0.2, 0) is 15.4 Å². The Bertz CT molecular complexity index is 1400. The maximum atomic E-state index is 13.3. The molecular weight excluding hydrogens is 464 g/mol. The maximum Gasteiger partial charge on any atom is 0.243 e. The van der Waals surface area contributed by atoms with Gasteiger partial charge in [0.25, 0.3) is 0 Å². The lowest BCUT2D eigenvalue weighted by Gasteiger charge is -2.35. The molecule has 0 unspecified atom stereocenters. The molecule has 0 radical (unpaired) electrons. The molecule has 2 aromatic heterocycles. The number of sulfonamides is 1. The average Bonchev–Trinajstić information content (AvgIpc) is 3.38. The summed E-state index contributed by atoms with van der Waals surface area (Å²) in [6.45, 7) is 8.34. The summed E-state index contributed by atoms with van der Waals surface area (Å²) in [5.74, 6) is 1.57. The predicted octanol–water partition coefficient (Wildman–Crippen LogP) is 5.17. The molecule has 1 aliphatic rings. The molecule has 3 heterocycles. The molecule has 0 saturated carbocycles. The molecule has 5 rings (SSSR count). The van der Waals surface area contributed by atoms with Crippen molar-refractivity contribution in [3.8, 4) is 10.7 Å². The first-order valence-corrected chi connectivity index (χ1v) is 13.7. The van der Waals surface area contributed by atoms with Crippen LogP contribution in [0.5, 0.6) is 0 Å². The zero-order chi connectivity index (χ0) is 23.9. The smallest absolute Gasteiger partial charge is 0.243 e. The summed E-state index contributed by atoms with van der Waals surface area (Å²) in [6.07, 6.45) is 0. The lowest BCUT2D eigenvalue weighted by Crippen LogP contribution is -2.49. The van der Waals surface area contributed by atoms with Gasteiger partial charge in [0.2, 0.25) is 10.0 Å². The van der Waals surface area contributed by atoms with Gasteiger partial charge >= 0.3 is 0 Å². The van der Waals surface area contributed by atoms with Gasteiger partial charge in [-0.05, 0) is 46.7 Å². The zero-order valence-electron chi connectivity index (χ0n) is 19.6. The van der Waals surface area contributed by atoms with Crippen LogP contribution in [0.2, 0.25) is 0 Å². The van der Waals surface area contributed by atoms with E-state index in [9.17, 15) is 8.42 Å². The van der Waals surface area contributed by atoms with Crippen molar-refractivity contribution in [3.05, 3.63) is 71.6 Å². The van der Waals surface area contributed by atoms with Crippen LogP contribution >= 0.6 is 11.3 Å². The van der Waals surface area contributed by atoms with Crippen molar-refractivity contribution in [2.45, 2.75) is 31.1 Å². The molecule has 0 N–H and O–H groups in total. The highest BCUT2D eigenvalue weighted by molar-refractivity contribution is 7.89. The summed E-state index contributed by atoms with van der Waals surface area (Å²) in [5, 5.41) is 3.00. The average molecular weight is 493 g/mol. The SMILES string of the molecule is CC(C)(C)c1ccc(S(=O)(=O)N2CCN(c3nc(-c4cccs4)nc4ccccc34)CC2)cc1. The van der Waals surface area contributed by atoms with Gasteiger partial charge in [0.1, 0.15) is 5.82 Å². The number of rotatable bonds is 4. The number of fused-ring (bicyclic) bond motifs is 1. The molecule has 4 aromatic rings. The van der Waals surface area contributed by atoms with Crippen LogP contribution in [0.4, 0.5) is 5.82 Å². The molecule has 0 amide bonds. The van der Waals surface area contributed by atoms with Crippen LogP contribution in [0, 0.1) is 0 Å². The first-order chi connectivity index (χ1) is 16.2. The first-order valence-electron chi connectivity index (χ1n) is 11.4. The van der Waals surface area contributed by atoms with Gasteiger partial charge in [-0.3, -0.25) is 0 Å². The van der Waals surface area contributed by atoms with Crippen LogP contribution in [-0.4, -0.2) is 48.9 Å². The molecular formula is C26H28N4O2S2. The van der Waals surface area contributed by atoms with Crippen molar-refractivity contribution in [1.29, 1.82) is 0 Å². The number of hydrogen-bond acceptors (Lipinski definition) is 6. The lowest BCUT2D eigenvalue weighted by atomic mass is 9.87. The summed E-state index contributed by atoms with van der Waals surface area (Å²) in [7, 11) is -3.54. The molecule has 0 atom stereocenters. The van der Waals surface area contributed by atoms with E-state index in [4.69, 9.17) is 9.97 Å². The van der Waals surface area contributed by atoms with Gasteiger partial charge in [0, 0.05) is 31.6 Å². The quantitative estimate of drug-likeness (QED) is 0.393. The summed E-state index contributed by atoms with van der Waals surface area (Å²) in [4.78, 5) is 13.2. The first kappa shape index (κ1) is 23.0. The molecule has 6 nitrogen and oxygen atoms in total. The summed E-state index contributed by atoms with van der Waals surface area (Å²) in [6, 6.07) is 19.3. The normalized spacial score (nSPS) is 15.7. The van der Waals surface area contributed by atoms with E-state index in [1.165, 1.54) is 0 Å². The standard InChI is InChI=1S/C26H28N4O2S2/c1-26(2,3)19-10-12-20(13-11-19)34(31,32)30-16-14-29(15-17-30)25-21-7-4-5-8-22(21)27-24(28-25)23-9-6-18-33-23/h4-13,18H,14-17H2,1-3H3. The maximum absolute atomic E-state index is 13.3. The van der Waals surface area contributed by atoms with Crippen LogP contribution in [0.15, 0.2) is 70.9 Å². The molecule has 0 spiro atoms. The molecule has 0 bridgehead atoms. The topological polar surface area (TPSA) is 66.4 Å². The Morgan fingerprint density at radius 3 is 2.21 bits per heavy atom. The number of hydrogen-bond donors (Lipinski definition) is 0. The van der Waals surface area contributed by atoms with Crippen molar-refractivity contribution < 1.29 is 8.42 Å². The Morgan fingerprint density at radius 2 is 1.56 bits per heavy atom. The van der Waals surface area contributed by atoms with E-state index in [1.54, 1.807) is 27.8 Å². The van der Waals surface area contributed by atoms with Crippen LogP contribution in [0.25, 0.3) is 21.6 Å². The summed E-state index contributed by atoms with van der Waals surface area (Å²) < 4.78 is 28.2. The molecule has 1 saturated heterocycles. The lowest BCUT2D eigenvalue weighted by molar-refractivity contribution is 0.384. The molecule has 8 heteroatoms. The van der Waals surface area contributed by atoms with E-state index >= 15 is 0 Å². The van der Waals surface area contributed by atoms with Gasteiger partial charge in [-0.15, -0.1) is 11.3 Å². The second-order valence-electron chi connectivity index (χ2n) is 9.53. The minimum Gasteiger partial charge on any atom is -0.353 e. The minimum absolute atomic E-state index is 0.0177. The number of para-hydroxylation sites is 1. The highest BCUT2D eigenvalue weighted by Crippen LogP contribution is 2.31. The highest BCUT2D eigenvalue weighted by Gasteiger charge is 2.30. The predicted molar refractivity (Wildman–Crippen MR) is 139 cm³/mol. The van der Waals surface area contributed by atoms with E-state index < -0.39 is 10.0 Å². The monoisotopic (exact) mass is 492 g/mol. The number of aromatic nitrogens is 2. The van der Waals surface area contributed by atoms with Gasteiger partial charge in [0.15, 0.2) is 5.82 Å². The Morgan fingerprint density at radius 1 is 0.853 bits per heavy atom. The van der Waals surface area contributed by atoms with Crippen LogP contribution < -0.4 is 4.90 Å². The molecule has 176 valence electrons. The number of thiophene rings is 1. The number of benzene rings is 2. The van der Waals surface area contributed by atoms with Crippen molar-refractivity contribution in [2.75, 3.05) is 31.1 Å². The third-order valence-corrected chi connectivity index (χ3v) is 9.00. The van der Waals surface area contributed by atoms with Crippen LogP contribution in [0.1, 0.15) is 26.3 Å². The largest absolute Gasteiger partial charge is 0.353 e. The van der Waals surface area contributed by atoms with Crippen molar-refractivity contribution in [2.24, 2.45) is 0 Å². The molecule has 1 aliphatic heterocycles. The van der Waals surface area contributed by atoms with Gasteiger partial charge in [-0.1, -0.05) is 51.1 Å². The third kappa shape index (κ3) is 4.33. The second-order valence-corrected chi connectivity index (χ2v) is 12.4. The Labute approximate surface area is 205 Å². The van der Waals surface area contributed by atoms with Gasteiger partial charge in [-0.25, -0.2) is 18.4 Å². The summed E-state index contributed by atoms with van der Waals surface area (Å²) >= 11 is 1.61. The van der Waals surface area contributed by atoms with E-state index in [0.29, 0.717) is 36.9 Å². The number of nitrogens with zero attached hydrogens (tertiary/aromatic N) is 4. The Kier molecular flexibility index (Phi) is 5.91. The second kappa shape index (κ2) is 8.76. The van der Waals surface area contributed by atoms with Crippen molar-refractivity contribution in [1.82, 2.24) is 14.3 Å². The van der Waals surface area contributed by atoms with E-state index in [-0.39, 0.29) is 5.41 Å². The van der Waals surface area contributed by atoms with Gasteiger partial charge < -0.3 is 4.90 Å². The Balaban J connectivity index is 1.39. The molecule has 34 heavy (non-hydrogen) atoms. The number of anilines is 1.